The van der Waals surface area contributed by atoms with Crippen molar-refractivity contribution in [2.75, 3.05) is 13.7 Å². The Labute approximate surface area is 123 Å². The van der Waals surface area contributed by atoms with Crippen molar-refractivity contribution in [3.05, 3.63) is 29.8 Å². The van der Waals surface area contributed by atoms with Crippen LogP contribution in [0, 0.1) is 0 Å². The van der Waals surface area contributed by atoms with Gasteiger partial charge in [0.1, 0.15) is 5.75 Å². The Bertz CT molecular complexity index is 470. The van der Waals surface area contributed by atoms with Crippen LogP contribution in [-0.4, -0.2) is 30.3 Å². The van der Waals surface area contributed by atoms with Gasteiger partial charge in [0, 0.05) is 12.1 Å². The van der Waals surface area contributed by atoms with Crippen molar-refractivity contribution in [3.8, 4) is 5.75 Å². The minimum atomic E-state index is -3.66. The summed E-state index contributed by atoms with van der Waals surface area (Å²) >= 11 is 0. The predicted molar refractivity (Wildman–Crippen MR) is 75.4 cm³/mol. The van der Waals surface area contributed by atoms with Crippen molar-refractivity contribution >= 4 is 5.91 Å². The number of hydrogen-bond donors (Lipinski definition) is 2. The van der Waals surface area contributed by atoms with E-state index in [2.05, 4.69) is 5.32 Å². The minimum Gasteiger partial charge on any atom is -0.497 e. The van der Waals surface area contributed by atoms with Gasteiger partial charge in [0.15, 0.2) is 0 Å². The van der Waals surface area contributed by atoms with Gasteiger partial charge in [-0.15, -0.1) is 0 Å². The van der Waals surface area contributed by atoms with E-state index >= 15 is 0 Å². The number of aliphatic hydroxyl groups is 1. The Morgan fingerprint density at radius 2 is 1.76 bits per heavy atom. The van der Waals surface area contributed by atoms with Gasteiger partial charge in [0.05, 0.1) is 12.7 Å². The third-order valence-electron chi connectivity index (χ3n) is 3.63. The summed E-state index contributed by atoms with van der Waals surface area (Å²) in [5, 5.41) is 12.1. The first-order valence-electron chi connectivity index (χ1n) is 6.82. The summed E-state index contributed by atoms with van der Waals surface area (Å²) in [6.45, 7) is 3.26. The van der Waals surface area contributed by atoms with Crippen LogP contribution in [0.4, 0.5) is 8.78 Å². The van der Waals surface area contributed by atoms with Crippen LogP contribution in [-0.2, 0) is 10.7 Å². The fraction of sp³-hybridized carbons (Fsp3) is 0.533. The van der Waals surface area contributed by atoms with Crippen molar-refractivity contribution in [2.45, 2.75) is 38.2 Å². The molecule has 0 bridgehead atoms. The molecule has 6 heteroatoms. The number of benzene rings is 1. The molecule has 2 N–H and O–H groups in total. The molecule has 0 unspecified atom stereocenters. The maximum Gasteiger partial charge on any atom is 0.349 e. The van der Waals surface area contributed by atoms with E-state index in [1.165, 1.54) is 19.2 Å². The largest absolute Gasteiger partial charge is 0.497 e. The topological polar surface area (TPSA) is 58.6 Å². The fourth-order valence-electron chi connectivity index (χ4n) is 1.79. The van der Waals surface area contributed by atoms with Gasteiger partial charge in [-0.25, -0.2) is 0 Å². The SMILES string of the molecule is CCC(O)(CC)CNC(=O)C(F)(F)c1ccc(OC)cc1. The van der Waals surface area contributed by atoms with Crippen molar-refractivity contribution in [1.82, 2.24) is 5.32 Å². The fourth-order valence-corrected chi connectivity index (χ4v) is 1.79. The Morgan fingerprint density at radius 1 is 1.24 bits per heavy atom. The molecule has 0 aromatic heterocycles. The molecule has 118 valence electrons. The Balaban J connectivity index is 2.78. The molecule has 1 aromatic carbocycles. The lowest BCUT2D eigenvalue weighted by molar-refractivity contribution is -0.148. The zero-order chi connectivity index (χ0) is 16.1. The molecule has 1 rings (SSSR count). The van der Waals surface area contributed by atoms with E-state index < -0.39 is 23.0 Å². The lowest BCUT2D eigenvalue weighted by Crippen LogP contribution is -2.46. The summed E-state index contributed by atoms with van der Waals surface area (Å²) in [7, 11) is 1.43. The summed E-state index contributed by atoms with van der Waals surface area (Å²) in [6, 6.07) is 5.02. The molecule has 0 spiro atoms. The lowest BCUT2D eigenvalue weighted by Gasteiger charge is -2.26. The van der Waals surface area contributed by atoms with Gasteiger partial charge in [-0.05, 0) is 37.1 Å². The highest BCUT2D eigenvalue weighted by Crippen LogP contribution is 2.29. The summed E-state index contributed by atoms with van der Waals surface area (Å²) in [5.74, 6) is -4.65. The third kappa shape index (κ3) is 4.14. The van der Waals surface area contributed by atoms with Crippen LogP contribution >= 0.6 is 0 Å². The standard InChI is InChI=1S/C15H21F2NO3/c1-4-14(20,5-2)10-18-13(19)15(16,17)11-6-8-12(21-3)9-7-11/h6-9,20H,4-5,10H2,1-3H3,(H,18,19). The van der Waals surface area contributed by atoms with Gasteiger partial charge in [-0.3, -0.25) is 4.79 Å². The Morgan fingerprint density at radius 3 is 2.19 bits per heavy atom. The molecule has 0 aliphatic carbocycles. The molecule has 0 saturated heterocycles. The smallest absolute Gasteiger partial charge is 0.349 e. The second-order valence-electron chi connectivity index (χ2n) is 4.92. The minimum absolute atomic E-state index is 0.204. The molecule has 0 atom stereocenters. The maximum atomic E-state index is 14.0. The van der Waals surface area contributed by atoms with E-state index in [1.807, 2.05) is 0 Å². The van der Waals surface area contributed by atoms with Gasteiger partial charge < -0.3 is 15.2 Å². The van der Waals surface area contributed by atoms with Gasteiger partial charge in [0.2, 0.25) is 0 Å². The van der Waals surface area contributed by atoms with E-state index in [4.69, 9.17) is 4.74 Å². The average Bonchev–Trinajstić information content (AvgIpc) is 2.52. The summed E-state index contributed by atoms with van der Waals surface area (Å²) in [4.78, 5) is 11.7. The second kappa shape index (κ2) is 6.85. The van der Waals surface area contributed by atoms with Gasteiger partial charge in [-0.1, -0.05) is 13.8 Å². The summed E-state index contributed by atoms with van der Waals surface area (Å²) < 4.78 is 33.0. The lowest BCUT2D eigenvalue weighted by atomic mass is 9.97. The molecular weight excluding hydrogens is 280 g/mol. The van der Waals surface area contributed by atoms with Crippen LogP contribution in [0.3, 0.4) is 0 Å². The number of methoxy groups -OCH3 is 1. The van der Waals surface area contributed by atoms with Crippen molar-refractivity contribution in [1.29, 1.82) is 0 Å². The van der Waals surface area contributed by atoms with E-state index in [0.717, 1.165) is 12.1 Å². The molecule has 0 saturated carbocycles. The molecule has 21 heavy (non-hydrogen) atoms. The first-order valence-corrected chi connectivity index (χ1v) is 6.82. The van der Waals surface area contributed by atoms with Gasteiger partial charge in [0.25, 0.3) is 5.91 Å². The average molecular weight is 301 g/mol. The van der Waals surface area contributed by atoms with Crippen LogP contribution < -0.4 is 10.1 Å². The van der Waals surface area contributed by atoms with Crippen LogP contribution in [0.2, 0.25) is 0 Å². The number of amides is 1. The van der Waals surface area contributed by atoms with E-state index in [0.29, 0.717) is 18.6 Å². The molecule has 4 nitrogen and oxygen atoms in total. The number of rotatable bonds is 7. The van der Waals surface area contributed by atoms with E-state index in [9.17, 15) is 18.7 Å². The van der Waals surface area contributed by atoms with Crippen LogP contribution in [0.1, 0.15) is 32.3 Å². The summed E-state index contributed by atoms with van der Waals surface area (Å²) in [6.07, 6.45) is 0.746. The molecule has 0 aliphatic rings. The first kappa shape index (κ1) is 17.4. The molecular formula is C15H21F2NO3. The van der Waals surface area contributed by atoms with Crippen LogP contribution in [0.5, 0.6) is 5.75 Å². The monoisotopic (exact) mass is 301 g/mol. The quantitative estimate of drug-likeness (QED) is 0.813. The normalized spacial score (nSPS) is 12.1. The highest BCUT2D eigenvalue weighted by molar-refractivity contribution is 5.84. The third-order valence-corrected chi connectivity index (χ3v) is 3.63. The van der Waals surface area contributed by atoms with Crippen LogP contribution in [0.25, 0.3) is 0 Å². The Hall–Kier alpha value is -1.69. The predicted octanol–water partition coefficient (Wildman–Crippen LogP) is 2.45. The van der Waals surface area contributed by atoms with E-state index in [1.54, 1.807) is 13.8 Å². The van der Waals surface area contributed by atoms with Crippen molar-refractivity contribution in [3.63, 3.8) is 0 Å². The molecule has 1 amide bonds. The number of halogens is 2. The summed E-state index contributed by atoms with van der Waals surface area (Å²) in [5.41, 5.74) is -1.58. The Kier molecular flexibility index (Phi) is 5.66. The first-order chi connectivity index (χ1) is 9.79. The maximum absolute atomic E-state index is 14.0. The highest BCUT2D eigenvalue weighted by atomic mass is 19.3. The zero-order valence-electron chi connectivity index (χ0n) is 12.5. The number of hydrogen-bond acceptors (Lipinski definition) is 3. The second-order valence-corrected chi connectivity index (χ2v) is 4.92. The van der Waals surface area contributed by atoms with Crippen LogP contribution in [0.15, 0.2) is 24.3 Å². The van der Waals surface area contributed by atoms with Gasteiger partial charge in [-0.2, -0.15) is 8.78 Å². The molecule has 0 aliphatic heterocycles. The number of alkyl halides is 2. The number of carbonyl (C=O) groups is 1. The van der Waals surface area contributed by atoms with Crippen molar-refractivity contribution in [2.24, 2.45) is 0 Å². The van der Waals surface area contributed by atoms with E-state index in [-0.39, 0.29) is 6.54 Å². The molecule has 0 fully saturated rings. The molecule has 0 radical (unpaired) electrons. The number of carbonyl (C=O) groups excluding carboxylic acids is 1. The van der Waals surface area contributed by atoms with Crippen molar-refractivity contribution < 1.29 is 23.4 Å². The number of nitrogens with one attached hydrogen (secondary N) is 1. The van der Waals surface area contributed by atoms with Gasteiger partial charge >= 0.3 is 5.92 Å². The molecule has 1 aromatic rings. The molecule has 0 heterocycles. The zero-order valence-corrected chi connectivity index (χ0v) is 12.5. The highest BCUT2D eigenvalue weighted by Gasteiger charge is 2.41. The number of ether oxygens (including phenoxy) is 1.